The molecule has 0 saturated heterocycles. The second-order valence-corrected chi connectivity index (χ2v) is 7.12. The first-order valence-corrected chi connectivity index (χ1v) is 9.11. The lowest BCUT2D eigenvalue weighted by atomic mass is 10.1. The highest BCUT2D eigenvalue weighted by atomic mass is 79.9. The van der Waals surface area contributed by atoms with Crippen molar-refractivity contribution >= 4 is 32.8 Å². The van der Waals surface area contributed by atoms with Crippen LogP contribution < -0.4 is 4.74 Å². The van der Waals surface area contributed by atoms with Gasteiger partial charge in [-0.05, 0) is 38.1 Å². The molecule has 0 aliphatic rings. The van der Waals surface area contributed by atoms with Crippen LogP contribution in [-0.2, 0) is 11.8 Å². The SMILES string of the molecule is CCOC(=O)c1c([C@@H](C)Br)n(C)c2cc(Oc3ccccc3)ccc12. The minimum Gasteiger partial charge on any atom is -0.462 e. The summed E-state index contributed by atoms with van der Waals surface area (Å²) in [6, 6.07) is 15.4. The van der Waals surface area contributed by atoms with Gasteiger partial charge in [0.15, 0.2) is 0 Å². The van der Waals surface area contributed by atoms with Crippen LogP contribution >= 0.6 is 15.9 Å². The minimum absolute atomic E-state index is 0.0165. The average Bonchev–Trinajstić information content (AvgIpc) is 2.89. The molecular formula is C20H20BrNO3. The zero-order valence-electron chi connectivity index (χ0n) is 14.5. The number of alkyl halides is 1. The van der Waals surface area contributed by atoms with Gasteiger partial charge in [-0.1, -0.05) is 34.1 Å². The minimum atomic E-state index is -0.300. The molecule has 130 valence electrons. The normalized spacial score (nSPS) is 12.2. The predicted octanol–water partition coefficient (Wildman–Crippen LogP) is 5.60. The highest BCUT2D eigenvalue weighted by Crippen LogP contribution is 2.36. The first-order valence-electron chi connectivity index (χ1n) is 8.19. The molecule has 0 spiro atoms. The monoisotopic (exact) mass is 401 g/mol. The zero-order chi connectivity index (χ0) is 18.0. The Morgan fingerprint density at radius 3 is 2.52 bits per heavy atom. The number of fused-ring (bicyclic) bond motifs is 1. The summed E-state index contributed by atoms with van der Waals surface area (Å²) in [6.07, 6.45) is 0. The van der Waals surface area contributed by atoms with Gasteiger partial charge in [-0.3, -0.25) is 0 Å². The third-order valence-electron chi connectivity index (χ3n) is 4.05. The van der Waals surface area contributed by atoms with E-state index in [1.54, 1.807) is 0 Å². The van der Waals surface area contributed by atoms with Crippen LogP contribution in [0.15, 0.2) is 48.5 Å². The van der Waals surface area contributed by atoms with Crippen LogP contribution in [-0.4, -0.2) is 17.1 Å². The van der Waals surface area contributed by atoms with E-state index in [1.165, 1.54) is 0 Å². The Hall–Kier alpha value is -2.27. The summed E-state index contributed by atoms with van der Waals surface area (Å²) in [5.74, 6) is 1.20. The van der Waals surface area contributed by atoms with Crippen LogP contribution in [0.4, 0.5) is 0 Å². The van der Waals surface area contributed by atoms with E-state index in [-0.39, 0.29) is 10.8 Å². The number of carbonyl (C=O) groups is 1. The summed E-state index contributed by atoms with van der Waals surface area (Å²) in [5.41, 5.74) is 2.43. The topological polar surface area (TPSA) is 40.5 Å². The van der Waals surface area contributed by atoms with Crippen molar-refractivity contribution in [3.05, 3.63) is 59.8 Å². The standard InChI is InChI=1S/C20H20BrNO3/c1-4-24-20(23)18-16-11-10-15(25-14-8-6-5-7-9-14)12-17(16)22(3)19(18)13(2)21/h5-13H,4H2,1-3H3/t13-/m1/s1. The molecule has 3 aromatic rings. The summed E-state index contributed by atoms with van der Waals surface area (Å²) >= 11 is 3.59. The van der Waals surface area contributed by atoms with E-state index in [9.17, 15) is 4.79 Å². The number of nitrogens with zero attached hydrogens (tertiary/aromatic N) is 1. The molecule has 0 radical (unpaired) electrons. The Morgan fingerprint density at radius 1 is 1.16 bits per heavy atom. The number of para-hydroxylation sites is 1. The van der Waals surface area contributed by atoms with Crippen molar-refractivity contribution < 1.29 is 14.3 Å². The summed E-state index contributed by atoms with van der Waals surface area (Å²) in [4.78, 5) is 12.5. The number of halogens is 1. The van der Waals surface area contributed by atoms with Gasteiger partial charge in [-0.2, -0.15) is 0 Å². The Labute approximate surface area is 155 Å². The lowest BCUT2D eigenvalue weighted by molar-refractivity contribution is 0.0527. The quantitative estimate of drug-likeness (QED) is 0.412. The molecule has 4 nitrogen and oxygen atoms in total. The van der Waals surface area contributed by atoms with Gasteiger partial charge in [-0.15, -0.1) is 0 Å². The maximum Gasteiger partial charge on any atom is 0.340 e. The molecule has 0 N–H and O–H groups in total. The summed E-state index contributed by atoms with van der Waals surface area (Å²) in [6.45, 7) is 4.16. The van der Waals surface area contributed by atoms with Crippen molar-refractivity contribution in [2.24, 2.45) is 7.05 Å². The Balaban J connectivity index is 2.11. The summed E-state index contributed by atoms with van der Waals surface area (Å²) in [7, 11) is 1.95. The zero-order valence-corrected chi connectivity index (χ0v) is 16.0. The number of esters is 1. The van der Waals surface area contributed by atoms with E-state index in [2.05, 4.69) is 15.9 Å². The lowest BCUT2D eigenvalue weighted by Gasteiger charge is -2.09. The number of rotatable bonds is 5. The molecule has 0 aliphatic carbocycles. The van der Waals surface area contributed by atoms with Gasteiger partial charge in [0.05, 0.1) is 22.5 Å². The number of benzene rings is 2. The van der Waals surface area contributed by atoms with E-state index in [4.69, 9.17) is 9.47 Å². The van der Waals surface area contributed by atoms with Crippen molar-refractivity contribution in [1.82, 2.24) is 4.57 Å². The van der Waals surface area contributed by atoms with E-state index in [0.29, 0.717) is 12.2 Å². The van der Waals surface area contributed by atoms with Crippen LogP contribution in [0.1, 0.15) is 34.7 Å². The van der Waals surface area contributed by atoms with Gasteiger partial charge in [0.25, 0.3) is 0 Å². The molecule has 3 rings (SSSR count). The highest BCUT2D eigenvalue weighted by molar-refractivity contribution is 9.09. The second kappa shape index (κ2) is 7.31. The van der Waals surface area contributed by atoms with E-state index >= 15 is 0 Å². The van der Waals surface area contributed by atoms with Gasteiger partial charge in [0.2, 0.25) is 0 Å². The van der Waals surface area contributed by atoms with Crippen LogP contribution in [0.5, 0.6) is 11.5 Å². The summed E-state index contributed by atoms with van der Waals surface area (Å²) in [5, 5.41) is 0.864. The fourth-order valence-corrected chi connectivity index (χ4v) is 3.54. The number of hydrogen-bond acceptors (Lipinski definition) is 3. The molecule has 0 amide bonds. The van der Waals surface area contributed by atoms with Gasteiger partial charge < -0.3 is 14.0 Å². The van der Waals surface area contributed by atoms with E-state index in [0.717, 1.165) is 28.1 Å². The molecule has 5 heteroatoms. The molecule has 0 unspecified atom stereocenters. The number of ether oxygens (including phenoxy) is 2. The molecule has 1 atom stereocenters. The fourth-order valence-electron chi connectivity index (χ4n) is 3.01. The number of aromatic nitrogens is 1. The molecule has 1 aromatic heterocycles. The second-order valence-electron chi connectivity index (χ2n) is 5.75. The first kappa shape index (κ1) is 17.5. The molecule has 0 fully saturated rings. The van der Waals surface area contributed by atoms with Gasteiger partial charge >= 0.3 is 5.97 Å². The van der Waals surface area contributed by atoms with Gasteiger partial charge in [-0.25, -0.2) is 4.79 Å². The Bertz CT molecular complexity index is 900. The molecule has 2 aromatic carbocycles. The first-order chi connectivity index (χ1) is 12.0. The van der Waals surface area contributed by atoms with Crippen molar-refractivity contribution in [1.29, 1.82) is 0 Å². The van der Waals surface area contributed by atoms with Crippen molar-refractivity contribution in [3.63, 3.8) is 0 Å². The van der Waals surface area contributed by atoms with Crippen molar-refractivity contribution in [3.8, 4) is 11.5 Å². The molecule has 1 heterocycles. The molecular weight excluding hydrogens is 382 g/mol. The Morgan fingerprint density at radius 2 is 1.88 bits per heavy atom. The van der Waals surface area contributed by atoms with Gasteiger partial charge in [0, 0.05) is 24.2 Å². The third-order valence-corrected chi connectivity index (χ3v) is 4.49. The molecule has 0 aliphatic heterocycles. The fraction of sp³-hybridized carbons (Fsp3) is 0.250. The van der Waals surface area contributed by atoms with Crippen LogP contribution in [0.3, 0.4) is 0 Å². The van der Waals surface area contributed by atoms with E-state index < -0.39 is 0 Å². The molecule has 0 bridgehead atoms. The molecule has 0 saturated carbocycles. The van der Waals surface area contributed by atoms with Gasteiger partial charge in [0.1, 0.15) is 11.5 Å². The predicted molar refractivity (Wildman–Crippen MR) is 103 cm³/mol. The maximum absolute atomic E-state index is 12.5. The van der Waals surface area contributed by atoms with Crippen LogP contribution in [0.2, 0.25) is 0 Å². The van der Waals surface area contributed by atoms with Crippen LogP contribution in [0.25, 0.3) is 10.9 Å². The number of aryl methyl sites for hydroxylation is 1. The number of carbonyl (C=O) groups excluding carboxylic acids is 1. The Kier molecular flexibility index (Phi) is 5.13. The van der Waals surface area contributed by atoms with E-state index in [1.807, 2.05) is 74.0 Å². The van der Waals surface area contributed by atoms with Crippen molar-refractivity contribution in [2.45, 2.75) is 18.7 Å². The molecule has 25 heavy (non-hydrogen) atoms. The average molecular weight is 402 g/mol. The summed E-state index contributed by atoms with van der Waals surface area (Å²) < 4.78 is 13.2. The van der Waals surface area contributed by atoms with Crippen LogP contribution in [0, 0.1) is 0 Å². The smallest absolute Gasteiger partial charge is 0.340 e. The van der Waals surface area contributed by atoms with Crippen molar-refractivity contribution in [2.75, 3.05) is 6.61 Å². The maximum atomic E-state index is 12.5. The number of hydrogen-bond donors (Lipinski definition) is 0. The largest absolute Gasteiger partial charge is 0.462 e. The third kappa shape index (κ3) is 3.42. The highest BCUT2D eigenvalue weighted by Gasteiger charge is 2.25. The lowest BCUT2D eigenvalue weighted by Crippen LogP contribution is -2.09.